The number of rotatable bonds is 33. The quantitative estimate of drug-likeness (QED) is 0.0324. The molecular weight excluding hydrogens is 597 g/mol. The van der Waals surface area contributed by atoms with Gasteiger partial charge in [0.15, 0.2) is 12.4 Å². The molecule has 0 saturated heterocycles. The zero-order chi connectivity index (χ0) is 31.8. The Morgan fingerprint density at radius 3 is 1.27 bits per heavy atom. The van der Waals surface area contributed by atoms with E-state index in [1.165, 1.54) is 141 Å². The summed E-state index contributed by atoms with van der Waals surface area (Å²) in [5.41, 5.74) is 1.02. The third-order valence-corrected chi connectivity index (χ3v) is 10.6. The molecular formula is C39H73ClNO3P. The van der Waals surface area contributed by atoms with Gasteiger partial charge in [0, 0.05) is 12.1 Å². The summed E-state index contributed by atoms with van der Waals surface area (Å²) >= 11 is 0. The summed E-state index contributed by atoms with van der Waals surface area (Å²) in [6.07, 6.45) is 42.8. The van der Waals surface area contributed by atoms with Crippen LogP contribution in [0.4, 0.5) is 0 Å². The maximum atomic E-state index is 13.7. The Morgan fingerprint density at radius 2 is 0.889 bits per heavy atom. The molecule has 0 aromatic carbocycles. The molecule has 0 N–H and O–H groups in total. The van der Waals surface area contributed by atoms with Gasteiger partial charge in [-0.2, -0.15) is 0 Å². The number of pyridine rings is 1. The molecule has 1 atom stereocenters. The highest BCUT2D eigenvalue weighted by Gasteiger charge is 2.25. The van der Waals surface area contributed by atoms with E-state index in [1.54, 1.807) is 0 Å². The van der Waals surface area contributed by atoms with Crippen LogP contribution in [0.1, 0.15) is 186 Å². The van der Waals surface area contributed by atoms with E-state index in [4.69, 9.17) is 9.05 Å². The molecule has 0 radical (unpaired) electrons. The Morgan fingerprint density at radius 1 is 0.556 bits per heavy atom. The van der Waals surface area contributed by atoms with Crippen LogP contribution >= 0.6 is 7.60 Å². The van der Waals surface area contributed by atoms with E-state index in [1.807, 2.05) is 36.1 Å². The molecule has 1 unspecified atom stereocenters. The third-order valence-electron chi connectivity index (χ3n) is 8.65. The minimum Gasteiger partial charge on any atom is -1.00 e. The van der Waals surface area contributed by atoms with E-state index in [0.29, 0.717) is 19.4 Å². The van der Waals surface area contributed by atoms with Crippen LogP contribution in [-0.4, -0.2) is 13.2 Å². The molecule has 1 aromatic heterocycles. The Balaban J connectivity index is 0.0000194. The minimum absolute atomic E-state index is 0. The predicted octanol–water partition coefficient (Wildman–Crippen LogP) is 9.98. The number of unbranched alkanes of at least 4 members (excludes halogenated alkanes) is 23. The first-order valence-corrected chi connectivity index (χ1v) is 20.8. The molecule has 0 spiro atoms. The summed E-state index contributed by atoms with van der Waals surface area (Å²) in [7, 11) is -1.15. The highest BCUT2D eigenvalue weighted by Crippen LogP contribution is 2.51. The number of halogens is 1. The van der Waals surface area contributed by atoms with E-state index in [9.17, 15) is 4.57 Å². The second-order valence-corrected chi connectivity index (χ2v) is 15.2. The van der Waals surface area contributed by atoms with E-state index < -0.39 is 7.60 Å². The van der Waals surface area contributed by atoms with Crippen molar-refractivity contribution in [2.24, 2.45) is 7.05 Å². The molecule has 0 amide bonds. The van der Waals surface area contributed by atoms with Crippen molar-refractivity contribution >= 4 is 7.60 Å². The SMILES string of the molecule is CCCCCCCC/C=C\CCCCCCCCOP(=O)(Cc1cc[n+](C)cc1)OCCCCCCCCCCCCCC.[Cl-]. The van der Waals surface area contributed by atoms with Crippen molar-refractivity contribution in [1.82, 2.24) is 0 Å². The van der Waals surface area contributed by atoms with Crippen LogP contribution in [0.25, 0.3) is 0 Å². The molecule has 0 saturated carbocycles. The van der Waals surface area contributed by atoms with Crippen LogP contribution in [0.3, 0.4) is 0 Å². The zero-order valence-electron chi connectivity index (χ0n) is 30.0. The number of allylic oxidation sites excluding steroid dienone is 2. The molecule has 264 valence electrons. The maximum Gasteiger partial charge on any atom is 0.335 e. The summed E-state index contributed by atoms with van der Waals surface area (Å²) in [5, 5.41) is 0. The maximum absolute atomic E-state index is 13.7. The van der Waals surface area contributed by atoms with Crippen molar-refractivity contribution in [3.63, 3.8) is 0 Å². The van der Waals surface area contributed by atoms with Gasteiger partial charge in [-0.1, -0.05) is 154 Å². The lowest BCUT2D eigenvalue weighted by Gasteiger charge is -2.19. The Hall–Kier alpha value is -0.670. The van der Waals surface area contributed by atoms with Crippen molar-refractivity contribution < 1.29 is 30.6 Å². The molecule has 0 aliphatic carbocycles. The Bertz CT molecular complexity index is 817. The van der Waals surface area contributed by atoms with E-state index in [2.05, 4.69) is 26.0 Å². The largest absolute Gasteiger partial charge is 1.00 e. The molecule has 45 heavy (non-hydrogen) atoms. The van der Waals surface area contributed by atoms with Crippen LogP contribution in [0.2, 0.25) is 0 Å². The number of aryl methyl sites for hydroxylation is 1. The molecule has 1 heterocycles. The Kier molecular flexibility index (Phi) is 32.7. The van der Waals surface area contributed by atoms with Gasteiger partial charge in [0.25, 0.3) is 0 Å². The number of hydrogen-bond donors (Lipinski definition) is 0. The number of nitrogens with zero attached hydrogens (tertiary/aromatic N) is 1. The summed E-state index contributed by atoms with van der Waals surface area (Å²) < 4.78 is 27.7. The third kappa shape index (κ3) is 29.2. The number of aromatic nitrogens is 1. The summed E-state index contributed by atoms with van der Waals surface area (Å²) in [4.78, 5) is 0. The topological polar surface area (TPSA) is 39.4 Å². The highest BCUT2D eigenvalue weighted by molar-refractivity contribution is 7.53. The highest BCUT2D eigenvalue weighted by atomic mass is 35.5. The molecule has 0 fully saturated rings. The summed E-state index contributed by atoms with van der Waals surface area (Å²) in [6.45, 7) is 5.61. The van der Waals surface area contributed by atoms with Crippen LogP contribution in [0, 0.1) is 0 Å². The first-order chi connectivity index (χ1) is 21.6. The molecule has 1 aromatic rings. The van der Waals surface area contributed by atoms with Gasteiger partial charge in [0.1, 0.15) is 7.05 Å². The fourth-order valence-corrected chi connectivity index (χ4v) is 7.42. The number of hydrogen-bond acceptors (Lipinski definition) is 3. The zero-order valence-corrected chi connectivity index (χ0v) is 31.6. The smallest absolute Gasteiger partial charge is 0.335 e. The van der Waals surface area contributed by atoms with Crippen molar-refractivity contribution in [3.8, 4) is 0 Å². The molecule has 1 rings (SSSR count). The monoisotopic (exact) mass is 670 g/mol. The van der Waals surface area contributed by atoms with E-state index in [0.717, 1.165) is 31.2 Å². The van der Waals surface area contributed by atoms with Crippen LogP contribution < -0.4 is 17.0 Å². The standard InChI is InChI=1S/C39H73NO3P.ClH/c1-4-6-8-10-12-14-16-18-19-20-21-23-25-27-29-31-37-43-44(41,38-39-32-34-40(3)35-33-39)42-36-30-28-26-24-22-17-15-13-11-9-7-5-2;/h18-19,32-35H,4-17,20-31,36-38H2,1-3H3;1H/q+1;/p-1/b19-18-;. The molecule has 6 heteroatoms. The molecule has 0 bridgehead atoms. The second kappa shape index (κ2) is 33.2. The predicted molar refractivity (Wildman–Crippen MR) is 191 cm³/mol. The van der Waals surface area contributed by atoms with Crippen molar-refractivity contribution in [2.45, 2.75) is 187 Å². The molecule has 4 nitrogen and oxygen atoms in total. The lowest BCUT2D eigenvalue weighted by Crippen LogP contribution is -3.00. The van der Waals surface area contributed by atoms with Gasteiger partial charge in [0.05, 0.1) is 19.4 Å². The first-order valence-electron chi connectivity index (χ1n) is 19.1. The van der Waals surface area contributed by atoms with E-state index in [-0.39, 0.29) is 12.4 Å². The van der Waals surface area contributed by atoms with Crippen LogP contribution in [0.5, 0.6) is 0 Å². The molecule has 0 aliphatic heterocycles. The minimum atomic E-state index is -3.15. The van der Waals surface area contributed by atoms with Gasteiger partial charge < -0.3 is 21.5 Å². The first kappa shape index (κ1) is 44.3. The van der Waals surface area contributed by atoms with Crippen molar-refractivity contribution in [2.75, 3.05) is 13.2 Å². The molecule has 0 aliphatic rings. The fourth-order valence-electron chi connectivity index (χ4n) is 5.69. The van der Waals surface area contributed by atoms with Gasteiger partial charge in [-0.15, -0.1) is 0 Å². The Labute approximate surface area is 286 Å². The average molecular weight is 670 g/mol. The van der Waals surface area contributed by atoms with Gasteiger partial charge in [-0.05, 0) is 44.1 Å². The van der Waals surface area contributed by atoms with Crippen molar-refractivity contribution in [1.29, 1.82) is 0 Å². The van der Waals surface area contributed by atoms with Crippen LogP contribution in [0.15, 0.2) is 36.7 Å². The van der Waals surface area contributed by atoms with Gasteiger partial charge in [-0.3, -0.25) is 4.57 Å². The van der Waals surface area contributed by atoms with E-state index >= 15 is 0 Å². The second-order valence-electron chi connectivity index (χ2n) is 13.1. The summed E-state index contributed by atoms with van der Waals surface area (Å²) in [6, 6.07) is 4.04. The lowest BCUT2D eigenvalue weighted by atomic mass is 10.1. The normalized spacial score (nSPS) is 12.9. The summed E-state index contributed by atoms with van der Waals surface area (Å²) in [5.74, 6) is 0. The lowest BCUT2D eigenvalue weighted by molar-refractivity contribution is -0.671. The van der Waals surface area contributed by atoms with Crippen LogP contribution in [-0.2, 0) is 26.8 Å². The van der Waals surface area contributed by atoms with Gasteiger partial charge in [0.2, 0.25) is 0 Å². The van der Waals surface area contributed by atoms with Gasteiger partial charge >= 0.3 is 7.60 Å². The fraction of sp³-hybridized carbons (Fsp3) is 0.821. The van der Waals surface area contributed by atoms with Gasteiger partial charge in [-0.25, -0.2) is 4.57 Å². The average Bonchev–Trinajstić information content (AvgIpc) is 3.02. The van der Waals surface area contributed by atoms with Crippen molar-refractivity contribution in [3.05, 3.63) is 42.2 Å².